The van der Waals surface area contributed by atoms with Gasteiger partial charge in [0.2, 0.25) is 0 Å². The zero-order valence-electron chi connectivity index (χ0n) is 24.0. The molecule has 2 aliphatic carbocycles. The van der Waals surface area contributed by atoms with Crippen LogP contribution in [0.15, 0.2) is 72.0 Å². The Labute approximate surface area is 253 Å². The van der Waals surface area contributed by atoms with Crippen LogP contribution in [0.4, 0.5) is 0 Å². The molecule has 2 aliphatic rings. The number of esters is 5. The third-order valence-electron chi connectivity index (χ3n) is 8.04. The van der Waals surface area contributed by atoms with Gasteiger partial charge in [-0.05, 0) is 41.7 Å². The summed E-state index contributed by atoms with van der Waals surface area (Å²) in [5, 5.41) is 0.511. The Morgan fingerprint density at radius 1 is 0.744 bits per heavy atom. The normalized spacial score (nSPS) is 24.6. The van der Waals surface area contributed by atoms with E-state index in [9.17, 15) is 24.0 Å². The number of carbonyl (C=O) groups is 5. The van der Waals surface area contributed by atoms with Gasteiger partial charge < -0.3 is 23.7 Å². The third-order valence-corrected chi connectivity index (χ3v) is 8.29. The molecule has 0 amide bonds. The van der Waals surface area contributed by atoms with E-state index in [1.54, 1.807) is 36.4 Å². The molecule has 11 heteroatoms. The molecule has 6 atom stereocenters. The topological polar surface area (TPSA) is 132 Å². The van der Waals surface area contributed by atoms with E-state index in [0.29, 0.717) is 10.6 Å². The Balaban J connectivity index is 1.93. The Morgan fingerprint density at radius 3 is 1.88 bits per heavy atom. The second-order valence-electron chi connectivity index (χ2n) is 10.1. The van der Waals surface area contributed by atoms with Gasteiger partial charge in [-0.2, -0.15) is 0 Å². The van der Waals surface area contributed by atoms with Crippen molar-refractivity contribution in [3.05, 3.63) is 88.2 Å². The Kier molecular flexibility index (Phi) is 10.0. The van der Waals surface area contributed by atoms with E-state index < -0.39 is 65.4 Å². The molecule has 0 spiro atoms. The molecular weight excluding hydrogens is 580 g/mol. The molecular formula is C32H31ClO10. The highest BCUT2D eigenvalue weighted by molar-refractivity contribution is 6.30. The molecule has 0 N–H and O–H groups in total. The lowest BCUT2D eigenvalue weighted by molar-refractivity contribution is -0.170. The molecule has 0 heterocycles. The number of carbonyl (C=O) groups excluding carboxylic acids is 5. The first kappa shape index (κ1) is 31.5. The highest BCUT2D eigenvalue weighted by Crippen LogP contribution is 2.58. The van der Waals surface area contributed by atoms with Gasteiger partial charge in [-0.3, -0.25) is 14.4 Å². The number of hydrogen-bond acceptors (Lipinski definition) is 10. The summed E-state index contributed by atoms with van der Waals surface area (Å²) in [5.41, 5.74) is 1.19. The van der Waals surface area contributed by atoms with Crippen molar-refractivity contribution in [3.8, 4) is 0 Å². The van der Waals surface area contributed by atoms with Crippen LogP contribution < -0.4 is 0 Å². The summed E-state index contributed by atoms with van der Waals surface area (Å²) < 4.78 is 26.2. The first-order valence-electron chi connectivity index (χ1n) is 13.4. The summed E-state index contributed by atoms with van der Waals surface area (Å²) in [6.45, 7) is 0. The van der Waals surface area contributed by atoms with Crippen LogP contribution in [0.3, 0.4) is 0 Å². The second-order valence-corrected chi connectivity index (χ2v) is 10.5. The van der Waals surface area contributed by atoms with Crippen LogP contribution in [0.25, 0.3) is 6.08 Å². The number of rotatable bonds is 8. The van der Waals surface area contributed by atoms with E-state index in [1.165, 1.54) is 20.3 Å². The van der Waals surface area contributed by atoms with Crippen molar-refractivity contribution in [2.24, 2.45) is 29.6 Å². The number of halogens is 1. The number of ether oxygens (including phenoxy) is 5. The van der Waals surface area contributed by atoms with E-state index in [2.05, 4.69) is 0 Å². The highest BCUT2D eigenvalue weighted by Gasteiger charge is 2.63. The molecule has 43 heavy (non-hydrogen) atoms. The lowest BCUT2D eigenvalue weighted by Crippen LogP contribution is -2.56. The van der Waals surface area contributed by atoms with Gasteiger partial charge in [-0.1, -0.05) is 54.1 Å². The summed E-state index contributed by atoms with van der Waals surface area (Å²) in [5.74, 6) is -11.0. The van der Waals surface area contributed by atoms with Gasteiger partial charge in [-0.15, -0.1) is 0 Å². The minimum atomic E-state index is -1.54. The minimum Gasteiger partial charge on any atom is -0.469 e. The molecule has 10 nitrogen and oxygen atoms in total. The Bertz CT molecular complexity index is 1450. The van der Waals surface area contributed by atoms with Gasteiger partial charge in [0, 0.05) is 22.9 Å². The van der Waals surface area contributed by atoms with Crippen LogP contribution in [0, 0.1) is 29.6 Å². The summed E-state index contributed by atoms with van der Waals surface area (Å²) in [6.07, 6.45) is 2.67. The largest absolute Gasteiger partial charge is 0.469 e. The first-order valence-corrected chi connectivity index (χ1v) is 13.8. The molecule has 1 saturated carbocycles. The fraction of sp³-hybridized carbons (Fsp3) is 0.344. The van der Waals surface area contributed by atoms with Crippen LogP contribution in [0.2, 0.25) is 5.02 Å². The average Bonchev–Trinajstić information content (AvgIpc) is 3.03. The van der Waals surface area contributed by atoms with Gasteiger partial charge >= 0.3 is 29.8 Å². The van der Waals surface area contributed by atoms with Crippen molar-refractivity contribution in [3.63, 3.8) is 0 Å². The smallest absolute Gasteiger partial charge is 0.337 e. The van der Waals surface area contributed by atoms with E-state index in [0.717, 1.165) is 25.9 Å². The van der Waals surface area contributed by atoms with Crippen LogP contribution >= 0.6 is 11.6 Å². The van der Waals surface area contributed by atoms with Crippen LogP contribution in [0.5, 0.6) is 0 Å². The maximum Gasteiger partial charge on any atom is 0.337 e. The fourth-order valence-corrected chi connectivity index (χ4v) is 6.40. The predicted octanol–water partition coefficient (Wildman–Crippen LogP) is 4.12. The number of hydrogen-bond donors (Lipinski definition) is 0. The van der Waals surface area contributed by atoms with E-state index in [4.69, 9.17) is 35.3 Å². The van der Waals surface area contributed by atoms with E-state index in [-0.39, 0.29) is 17.8 Å². The fourth-order valence-electron chi connectivity index (χ4n) is 6.27. The quantitative estimate of drug-likeness (QED) is 0.244. The van der Waals surface area contributed by atoms with Gasteiger partial charge in [0.15, 0.2) is 0 Å². The summed E-state index contributed by atoms with van der Waals surface area (Å²) in [4.78, 5) is 67.0. The molecule has 0 saturated heterocycles. The molecule has 0 aromatic heterocycles. The molecule has 226 valence electrons. The van der Waals surface area contributed by atoms with Gasteiger partial charge in [-0.25, -0.2) is 9.59 Å². The molecule has 1 fully saturated rings. The molecule has 2 bridgehead atoms. The van der Waals surface area contributed by atoms with Gasteiger partial charge in [0.25, 0.3) is 0 Å². The zero-order chi connectivity index (χ0) is 31.3. The second kappa shape index (κ2) is 13.7. The van der Waals surface area contributed by atoms with Crippen molar-refractivity contribution < 1.29 is 47.7 Å². The third kappa shape index (κ3) is 6.34. The van der Waals surface area contributed by atoms with E-state index in [1.807, 2.05) is 18.2 Å². The highest BCUT2D eigenvalue weighted by atomic mass is 35.5. The monoisotopic (exact) mass is 610 g/mol. The standard InChI is InChI=1S/C32H31ClO10/c1-39-29(35)23-20(18-8-6-5-7-9-18)16-21-24(30(36)40-2)26(23)27(32(38)42-4)28(25(21)31(37)41-3)43-22(34)15-12-17-10-13-19(33)14-11-17/h5-15,20-21,23-24,26-27H,16H2,1-4H3/b15-12+/t20-,21?,23?,24-,26?,27+/m0/s1. The number of methoxy groups -OCH3 is 4. The summed E-state index contributed by atoms with van der Waals surface area (Å²) >= 11 is 5.93. The number of fused-ring (bicyclic) bond motifs is 2. The Hall–Kier alpha value is -4.44. The maximum atomic E-state index is 13.5. The minimum absolute atomic E-state index is 0.0834. The van der Waals surface area contributed by atoms with Gasteiger partial charge in [0.05, 0.1) is 45.8 Å². The molecule has 0 radical (unpaired) electrons. The molecule has 2 aromatic rings. The van der Waals surface area contributed by atoms with Crippen molar-refractivity contribution in [1.29, 1.82) is 0 Å². The Morgan fingerprint density at radius 2 is 1.33 bits per heavy atom. The van der Waals surface area contributed by atoms with Crippen molar-refractivity contribution >= 4 is 47.5 Å². The van der Waals surface area contributed by atoms with Crippen LogP contribution in [0.1, 0.15) is 23.5 Å². The van der Waals surface area contributed by atoms with Crippen molar-refractivity contribution in [2.75, 3.05) is 28.4 Å². The van der Waals surface area contributed by atoms with Crippen LogP contribution in [-0.4, -0.2) is 58.3 Å². The van der Waals surface area contributed by atoms with E-state index >= 15 is 0 Å². The van der Waals surface area contributed by atoms with Crippen molar-refractivity contribution in [1.82, 2.24) is 0 Å². The first-order chi connectivity index (χ1) is 20.7. The van der Waals surface area contributed by atoms with Crippen molar-refractivity contribution in [2.45, 2.75) is 12.3 Å². The average molecular weight is 611 g/mol. The SMILES string of the molecule is COC(=O)C1=C(OC(=O)/C=C/c2ccc(Cl)cc2)[C@H](C(=O)OC)C2C(C(=O)OC)[C@H](c3ccccc3)CC1[C@@H]2C(=O)OC. The molecule has 3 unspecified atom stereocenters. The molecule has 0 aliphatic heterocycles. The zero-order valence-corrected chi connectivity index (χ0v) is 24.7. The predicted molar refractivity (Wildman–Crippen MR) is 153 cm³/mol. The molecule has 2 aromatic carbocycles. The maximum absolute atomic E-state index is 13.5. The lowest BCUT2D eigenvalue weighted by atomic mass is 9.52. The summed E-state index contributed by atoms with van der Waals surface area (Å²) in [6, 6.07) is 15.7. The molecule has 4 rings (SSSR count). The lowest BCUT2D eigenvalue weighted by Gasteiger charge is -2.50. The van der Waals surface area contributed by atoms with Crippen LogP contribution in [-0.2, 0) is 47.7 Å². The van der Waals surface area contributed by atoms with Gasteiger partial charge in [0.1, 0.15) is 11.7 Å². The number of benzene rings is 2. The summed E-state index contributed by atoms with van der Waals surface area (Å²) in [7, 11) is 4.63.